The lowest BCUT2D eigenvalue weighted by Gasteiger charge is -2.25. The number of urea groups is 1. The maximum Gasteiger partial charge on any atom is 0.317 e. The minimum Gasteiger partial charge on any atom is -0.346 e. The largest absolute Gasteiger partial charge is 0.346 e. The Kier molecular flexibility index (Phi) is 3.94. The zero-order chi connectivity index (χ0) is 14.9. The monoisotopic (exact) mass is 320 g/mol. The highest BCUT2D eigenvalue weighted by Crippen LogP contribution is 2.44. The molecule has 1 aliphatic heterocycles. The van der Waals surface area contributed by atoms with Crippen molar-refractivity contribution in [1.82, 2.24) is 15.2 Å². The summed E-state index contributed by atoms with van der Waals surface area (Å²) in [7, 11) is 0. The van der Waals surface area contributed by atoms with E-state index in [1.54, 1.807) is 11.3 Å². The van der Waals surface area contributed by atoms with Crippen molar-refractivity contribution in [2.75, 3.05) is 31.1 Å². The van der Waals surface area contributed by atoms with Gasteiger partial charge in [-0.2, -0.15) is 0 Å². The first-order chi connectivity index (χ1) is 10.8. The molecular formula is C16H24N4OS. The van der Waals surface area contributed by atoms with Crippen LogP contribution in [0.5, 0.6) is 0 Å². The molecule has 0 unspecified atom stereocenters. The smallest absolute Gasteiger partial charge is 0.317 e. The molecule has 1 saturated heterocycles. The molecule has 6 heteroatoms. The summed E-state index contributed by atoms with van der Waals surface area (Å²) >= 11 is 1.68. The molecule has 1 aromatic heterocycles. The molecule has 0 radical (unpaired) electrons. The molecule has 0 aromatic carbocycles. The first-order valence-corrected chi connectivity index (χ1v) is 9.39. The van der Waals surface area contributed by atoms with E-state index in [0.717, 1.165) is 49.6 Å². The summed E-state index contributed by atoms with van der Waals surface area (Å²) in [4.78, 5) is 21.3. The van der Waals surface area contributed by atoms with Crippen LogP contribution >= 0.6 is 11.3 Å². The number of carbonyl (C=O) groups excluding carboxylic acids is 1. The van der Waals surface area contributed by atoms with Gasteiger partial charge in [0.05, 0.1) is 0 Å². The van der Waals surface area contributed by atoms with Crippen LogP contribution in [-0.2, 0) is 0 Å². The standard InChI is InChI=1S/C16H24N4OS/c21-15(18-14(12-2-3-12)13-4-5-13)19-7-1-8-20(10-9-19)16-17-6-11-22-16/h6,11-14H,1-5,7-10H2,(H,18,21). The topological polar surface area (TPSA) is 48.5 Å². The van der Waals surface area contributed by atoms with Crippen LogP contribution in [0.25, 0.3) is 0 Å². The highest BCUT2D eigenvalue weighted by atomic mass is 32.1. The minimum absolute atomic E-state index is 0.157. The Bertz CT molecular complexity index is 500. The summed E-state index contributed by atoms with van der Waals surface area (Å²) in [5, 5.41) is 6.44. The first kappa shape index (κ1) is 14.3. The maximum absolute atomic E-state index is 12.6. The zero-order valence-electron chi connectivity index (χ0n) is 12.9. The molecule has 0 atom stereocenters. The van der Waals surface area contributed by atoms with Crippen LogP contribution in [-0.4, -0.2) is 48.1 Å². The summed E-state index contributed by atoms with van der Waals surface area (Å²) < 4.78 is 0. The third kappa shape index (κ3) is 3.21. The lowest BCUT2D eigenvalue weighted by Crippen LogP contribution is -2.47. The third-order valence-electron chi connectivity index (χ3n) is 5.02. The van der Waals surface area contributed by atoms with E-state index in [-0.39, 0.29) is 6.03 Å². The number of nitrogens with one attached hydrogen (secondary N) is 1. The molecule has 0 bridgehead atoms. The number of thiazole rings is 1. The van der Waals surface area contributed by atoms with E-state index in [0.29, 0.717) is 6.04 Å². The summed E-state index contributed by atoms with van der Waals surface area (Å²) in [6.07, 6.45) is 8.09. The molecule has 4 rings (SSSR count). The number of hydrogen-bond donors (Lipinski definition) is 1. The van der Waals surface area contributed by atoms with Crippen molar-refractivity contribution in [2.24, 2.45) is 11.8 Å². The number of anilines is 1. The fourth-order valence-electron chi connectivity index (χ4n) is 3.45. The quantitative estimate of drug-likeness (QED) is 0.927. The lowest BCUT2D eigenvalue weighted by atomic mass is 10.1. The molecule has 3 fully saturated rings. The maximum atomic E-state index is 12.6. The number of hydrogen-bond acceptors (Lipinski definition) is 4. The number of nitrogens with zero attached hydrogens (tertiary/aromatic N) is 3. The second-order valence-corrected chi connectivity index (χ2v) is 7.67. The van der Waals surface area contributed by atoms with E-state index in [1.807, 2.05) is 16.5 Å². The Morgan fingerprint density at radius 1 is 1.18 bits per heavy atom. The predicted octanol–water partition coefficient (Wildman–Crippen LogP) is 2.55. The minimum atomic E-state index is 0.157. The molecule has 5 nitrogen and oxygen atoms in total. The van der Waals surface area contributed by atoms with Crippen molar-refractivity contribution >= 4 is 22.5 Å². The van der Waals surface area contributed by atoms with E-state index in [9.17, 15) is 4.79 Å². The van der Waals surface area contributed by atoms with Gasteiger partial charge in [0, 0.05) is 43.8 Å². The van der Waals surface area contributed by atoms with E-state index in [1.165, 1.54) is 25.7 Å². The van der Waals surface area contributed by atoms with Gasteiger partial charge in [-0.05, 0) is 43.9 Å². The zero-order valence-corrected chi connectivity index (χ0v) is 13.7. The molecule has 2 heterocycles. The summed E-state index contributed by atoms with van der Waals surface area (Å²) in [6.45, 7) is 3.54. The normalized spacial score (nSPS) is 22.8. The Labute approximate surface area is 135 Å². The summed E-state index contributed by atoms with van der Waals surface area (Å²) in [6, 6.07) is 0.607. The van der Waals surface area contributed by atoms with Gasteiger partial charge in [0.2, 0.25) is 0 Å². The Balaban J connectivity index is 1.33. The number of rotatable bonds is 4. The van der Waals surface area contributed by atoms with Crippen LogP contribution < -0.4 is 10.2 Å². The molecule has 120 valence electrons. The van der Waals surface area contributed by atoms with Gasteiger partial charge in [0.15, 0.2) is 5.13 Å². The van der Waals surface area contributed by atoms with Crippen molar-refractivity contribution in [3.8, 4) is 0 Å². The average Bonchev–Trinajstić information content (AvgIpc) is 3.43. The van der Waals surface area contributed by atoms with Gasteiger partial charge in [-0.15, -0.1) is 11.3 Å². The highest BCUT2D eigenvalue weighted by Gasteiger charge is 2.42. The van der Waals surface area contributed by atoms with Crippen molar-refractivity contribution in [2.45, 2.75) is 38.1 Å². The molecule has 1 aromatic rings. The lowest BCUT2D eigenvalue weighted by molar-refractivity contribution is 0.193. The fourth-order valence-corrected chi connectivity index (χ4v) is 4.15. The molecule has 2 amide bonds. The van der Waals surface area contributed by atoms with E-state index in [4.69, 9.17) is 0 Å². The van der Waals surface area contributed by atoms with Gasteiger partial charge >= 0.3 is 6.03 Å². The van der Waals surface area contributed by atoms with Crippen molar-refractivity contribution < 1.29 is 4.79 Å². The SMILES string of the molecule is O=C(NC(C1CC1)C1CC1)N1CCCN(c2nccs2)CC1. The van der Waals surface area contributed by atoms with Crippen molar-refractivity contribution in [3.63, 3.8) is 0 Å². The predicted molar refractivity (Wildman–Crippen MR) is 88.3 cm³/mol. The Morgan fingerprint density at radius 3 is 2.59 bits per heavy atom. The Morgan fingerprint density at radius 2 is 1.95 bits per heavy atom. The van der Waals surface area contributed by atoms with Gasteiger partial charge in [-0.1, -0.05) is 0 Å². The van der Waals surface area contributed by atoms with Crippen LogP contribution in [0.15, 0.2) is 11.6 Å². The van der Waals surface area contributed by atoms with Gasteiger partial charge in [-0.3, -0.25) is 0 Å². The Hall–Kier alpha value is -1.30. The van der Waals surface area contributed by atoms with E-state index >= 15 is 0 Å². The number of aromatic nitrogens is 1. The van der Waals surface area contributed by atoms with Gasteiger partial charge in [-0.25, -0.2) is 9.78 Å². The van der Waals surface area contributed by atoms with Crippen LogP contribution in [0.2, 0.25) is 0 Å². The second-order valence-electron chi connectivity index (χ2n) is 6.79. The molecular weight excluding hydrogens is 296 g/mol. The molecule has 1 N–H and O–H groups in total. The number of carbonyl (C=O) groups is 1. The molecule has 3 aliphatic rings. The molecule has 2 aliphatic carbocycles. The van der Waals surface area contributed by atoms with Gasteiger partial charge in [0.25, 0.3) is 0 Å². The van der Waals surface area contributed by atoms with Crippen LogP contribution in [0, 0.1) is 11.8 Å². The van der Waals surface area contributed by atoms with Crippen molar-refractivity contribution in [3.05, 3.63) is 11.6 Å². The van der Waals surface area contributed by atoms with Gasteiger partial charge in [0.1, 0.15) is 0 Å². The van der Waals surface area contributed by atoms with Crippen LogP contribution in [0.3, 0.4) is 0 Å². The van der Waals surface area contributed by atoms with Gasteiger partial charge < -0.3 is 15.1 Å². The van der Waals surface area contributed by atoms with Crippen LogP contribution in [0.4, 0.5) is 9.93 Å². The summed E-state index contributed by atoms with van der Waals surface area (Å²) in [5.74, 6) is 1.52. The third-order valence-corrected chi connectivity index (χ3v) is 5.86. The summed E-state index contributed by atoms with van der Waals surface area (Å²) in [5.41, 5.74) is 0. The molecule has 22 heavy (non-hydrogen) atoms. The second kappa shape index (κ2) is 6.07. The highest BCUT2D eigenvalue weighted by molar-refractivity contribution is 7.13. The fraction of sp³-hybridized carbons (Fsp3) is 0.750. The number of amides is 2. The van der Waals surface area contributed by atoms with E-state index < -0.39 is 0 Å². The average molecular weight is 320 g/mol. The van der Waals surface area contributed by atoms with Crippen LogP contribution in [0.1, 0.15) is 32.1 Å². The van der Waals surface area contributed by atoms with E-state index in [2.05, 4.69) is 15.2 Å². The molecule has 0 spiro atoms. The first-order valence-electron chi connectivity index (χ1n) is 8.51. The molecule has 2 saturated carbocycles. The van der Waals surface area contributed by atoms with Crippen molar-refractivity contribution in [1.29, 1.82) is 0 Å².